The van der Waals surface area contributed by atoms with Crippen LogP contribution in [-0.2, 0) is 6.61 Å². The van der Waals surface area contributed by atoms with Gasteiger partial charge in [-0.3, -0.25) is 0 Å². The number of hydrogen-bond acceptors (Lipinski definition) is 4. The lowest BCUT2D eigenvalue weighted by Gasteiger charge is -2.12. The maximum absolute atomic E-state index is 13.8. The monoisotopic (exact) mass is 278 g/mol. The van der Waals surface area contributed by atoms with Crippen molar-refractivity contribution in [3.05, 3.63) is 47.8 Å². The molecule has 0 aromatic heterocycles. The fourth-order valence-corrected chi connectivity index (χ4v) is 1.75. The first kappa shape index (κ1) is 14.1. The Bertz CT molecular complexity index is 576. The highest BCUT2D eigenvalue weighted by molar-refractivity contribution is 5.45. The third-order valence-electron chi connectivity index (χ3n) is 2.76. The van der Waals surface area contributed by atoms with Crippen molar-refractivity contribution < 1.29 is 23.7 Å². The van der Waals surface area contributed by atoms with Crippen molar-refractivity contribution in [3.8, 4) is 23.0 Å². The molecule has 2 rings (SSSR count). The number of ether oxygens (including phenoxy) is 3. The number of benzene rings is 2. The molecule has 0 unspecified atom stereocenters. The number of rotatable bonds is 5. The normalized spacial score (nSPS) is 10.2. The minimum Gasteiger partial charge on any atom is -0.496 e. The smallest absolute Gasteiger partial charge is 0.168 e. The molecule has 0 radical (unpaired) electrons. The standard InChI is InChI=1S/C15H15FO4/c1-18-11-6-12(19-2)8-13(7-11)20-15-10(9-17)4-3-5-14(15)16/h3-8,17H,9H2,1-2H3. The molecule has 20 heavy (non-hydrogen) atoms. The van der Waals surface area contributed by atoms with Gasteiger partial charge in [-0.2, -0.15) is 0 Å². The molecule has 0 saturated carbocycles. The SMILES string of the molecule is COc1cc(OC)cc(Oc2c(F)cccc2CO)c1. The predicted octanol–water partition coefficient (Wildman–Crippen LogP) is 3.13. The highest BCUT2D eigenvalue weighted by Crippen LogP contribution is 2.33. The van der Waals surface area contributed by atoms with Gasteiger partial charge < -0.3 is 19.3 Å². The van der Waals surface area contributed by atoms with Gasteiger partial charge in [-0.15, -0.1) is 0 Å². The average molecular weight is 278 g/mol. The summed E-state index contributed by atoms with van der Waals surface area (Å²) >= 11 is 0. The Labute approximate surface area is 116 Å². The molecular weight excluding hydrogens is 263 g/mol. The third-order valence-corrected chi connectivity index (χ3v) is 2.76. The summed E-state index contributed by atoms with van der Waals surface area (Å²) in [6.07, 6.45) is 0. The van der Waals surface area contributed by atoms with Crippen LogP contribution >= 0.6 is 0 Å². The van der Waals surface area contributed by atoms with Gasteiger partial charge in [0.05, 0.1) is 20.8 Å². The lowest BCUT2D eigenvalue weighted by Crippen LogP contribution is -1.96. The van der Waals surface area contributed by atoms with Crippen LogP contribution in [0.3, 0.4) is 0 Å². The zero-order valence-corrected chi connectivity index (χ0v) is 11.2. The van der Waals surface area contributed by atoms with Crippen molar-refractivity contribution in [1.82, 2.24) is 0 Å². The van der Waals surface area contributed by atoms with E-state index in [0.717, 1.165) is 0 Å². The molecule has 4 nitrogen and oxygen atoms in total. The second-order valence-electron chi connectivity index (χ2n) is 4.04. The largest absolute Gasteiger partial charge is 0.496 e. The van der Waals surface area contributed by atoms with Crippen LogP contribution < -0.4 is 14.2 Å². The lowest BCUT2D eigenvalue weighted by atomic mass is 10.2. The Morgan fingerprint density at radius 3 is 2.15 bits per heavy atom. The van der Waals surface area contributed by atoms with Crippen molar-refractivity contribution in [3.63, 3.8) is 0 Å². The van der Waals surface area contributed by atoms with Crippen LogP contribution in [0.1, 0.15) is 5.56 Å². The third kappa shape index (κ3) is 3.00. The summed E-state index contributed by atoms with van der Waals surface area (Å²) in [5, 5.41) is 9.23. The van der Waals surface area contributed by atoms with E-state index in [-0.39, 0.29) is 12.4 Å². The van der Waals surface area contributed by atoms with Crippen molar-refractivity contribution in [2.45, 2.75) is 6.61 Å². The Kier molecular flexibility index (Phi) is 4.42. The van der Waals surface area contributed by atoms with Gasteiger partial charge in [0.2, 0.25) is 0 Å². The van der Waals surface area contributed by atoms with E-state index in [9.17, 15) is 9.50 Å². The van der Waals surface area contributed by atoms with E-state index in [1.54, 1.807) is 24.3 Å². The zero-order chi connectivity index (χ0) is 14.5. The molecule has 2 aromatic carbocycles. The molecule has 0 heterocycles. The van der Waals surface area contributed by atoms with Gasteiger partial charge in [0, 0.05) is 23.8 Å². The zero-order valence-electron chi connectivity index (χ0n) is 11.2. The summed E-state index contributed by atoms with van der Waals surface area (Å²) in [7, 11) is 3.03. The van der Waals surface area contributed by atoms with Gasteiger partial charge in [0.25, 0.3) is 0 Å². The van der Waals surface area contributed by atoms with E-state index < -0.39 is 5.82 Å². The Balaban J connectivity index is 2.39. The summed E-state index contributed by atoms with van der Waals surface area (Å²) in [5.74, 6) is 0.868. The van der Waals surface area contributed by atoms with Gasteiger partial charge in [-0.05, 0) is 6.07 Å². The first-order chi connectivity index (χ1) is 9.67. The van der Waals surface area contributed by atoms with Crippen molar-refractivity contribution in [1.29, 1.82) is 0 Å². The number of halogens is 1. The van der Waals surface area contributed by atoms with Gasteiger partial charge in [-0.25, -0.2) is 4.39 Å². The Morgan fingerprint density at radius 2 is 1.60 bits per heavy atom. The van der Waals surface area contributed by atoms with Crippen LogP contribution in [0, 0.1) is 5.82 Å². The van der Waals surface area contributed by atoms with Crippen molar-refractivity contribution in [2.75, 3.05) is 14.2 Å². The Morgan fingerprint density at radius 1 is 1.00 bits per heavy atom. The average Bonchev–Trinajstić information content (AvgIpc) is 2.48. The molecule has 1 N–H and O–H groups in total. The van der Waals surface area contributed by atoms with Crippen LogP contribution in [0.2, 0.25) is 0 Å². The van der Waals surface area contributed by atoms with Crippen LogP contribution in [0.5, 0.6) is 23.0 Å². The summed E-state index contributed by atoms with van der Waals surface area (Å²) < 4.78 is 29.5. The second kappa shape index (κ2) is 6.25. The molecule has 0 bridgehead atoms. The molecule has 0 aliphatic carbocycles. The maximum Gasteiger partial charge on any atom is 0.168 e. The maximum atomic E-state index is 13.8. The van der Waals surface area contributed by atoms with Gasteiger partial charge >= 0.3 is 0 Å². The van der Waals surface area contributed by atoms with E-state index >= 15 is 0 Å². The number of aliphatic hydroxyl groups is 1. The molecular formula is C15H15FO4. The van der Waals surface area contributed by atoms with Gasteiger partial charge in [-0.1, -0.05) is 12.1 Å². The first-order valence-corrected chi connectivity index (χ1v) is 5.97. The van der Waals surface area contributed by atoms with Gasteiger partial charge in [0.1, 0.15) is 17.2 Å². The molecule has 0 aliphatic heterocycles. The molecule has 5 heteroatoms. The number of para-hydroxylation sites is 1. The molecule has 0 spiro atoms. The van der Waals surface area contributed by atoms with Crippen LogP contribution in [0.4, 0.5) is 4.39 Å². The number of methoxy groups -OCH3 is 2. The van der Waals surface area contributed by atoms with E-state index in [1.165, 1.54) is 26.4 Å². The molecule has 2 aromatic rings. The quantitative estimate of drug-likeness (QED) is 0.912. The van der Waals surface area contributed by atoms with E-state index in [4.69, 9.17) is 14.2 Å². The number of hydrogen-bond donors (Lipinski definition) is 1. The summed E-state index contributed by atoms with van der Waals surface area (Å²) in [4.78, 5) is 0. The molecule has 0 atom stereocenters. The molecule has 106 valence electrons. The summed E-state index contributed by atoms with van der Waals surface area (Å²) in [6.45, 7) is -0.311. The summed E-state index contributed by atoms with van der Waals surface area (Å²) in [5.41, 5.74) is 0.367. The minimum atomic E-state index is -0.543. The topological polar surface area (TPSA) is 47.9 Å². The minimum absolute atomic E-state index is 0.00898. The highest BCUT2D eigenvalue weighted by atomic mass is 19.1. The van der Waals surface area contributed by atoms with Crippen LogP contribution in [-0.4, -0.2) is 19.3 Å². The number of aliphatic hydroxyl groups excluding tert-OH is 1. The molecule has 0 fully saturated rings. The highest BCUT2D eigenvalue weighted by Gasteiger charge is 2.12. The Hall–Kier alpha value is -2.27. The van der Waals surface area contributed by atoms with E-state index in [2.05, 4.69) is 0 Å². The van der Waals surface area contributed by atoms with Crippen molar-refractivity contribution in [2.24, 2.45) is 0 Å². The fraction of sp³-hybridized carbons (Fsp3) is 0.200. The second-order valence-corrected chi connectivity index (χ2v) is 4.04. The van der Waals surface area contributed by atoms with Crippen LogP contribution in [0.25, 0.3) is 0 Å². The summed E-state index contributed by atoms with van der Waals surface area (Å²) in [6, 6.07) is 9.27. The van der Waals surface area contributed by atoms with Crippen LogP contribution in [0.15, 0.2) is 36.4 Å². The molecule has 0 aliphatic rings. The first-order valence-electron chi connectivity index (χ1n) is 5.97. The molecule has 0 amide bonds. The van der Waals surface area contributed by atoms with Crippen molar-refractivity contribution >= 4 is 0 Å². The van der Waals surface area contributed by atoms with Gasteiger partial charge in [0.15, 0.2) is 11.6 Å². The molecule has 0 saturated heterocycles. The van der Waals surface area contributed by atoms with E-state index in [0.29, 0.717) is 22.8 Å². The lowest BCUT2D eigenvalue weighted by molar-refractivity contribution is 0.274. The fourth-order valence-electron chi connectivity index (χ4n) is 1.75. The van der Waals surface area contributed by atoms with E-state index in [1.807, 2.05) is 0 Å². The predicted molar refractivity (Wildman–Crippen MR) is 71.9 cm³/mol.